The van der Waals surface area contributed by atoms with Crippen LogP contribution in [0.4, 0.5) is 0 Å². The van der Waals surface area contributed by atoms with Gasteiger partial charge >= 0.3 is 13.7 Å². The van der Waals surface area contributed by atoms with E-state index in [9.17, 15) is 24.3 Å². The van der Waals surface area contributed by atoms with Crippen LogP contribution in [-0.4, -0.2) is 55.5 Å². The topological polar surface area (TPSA) is 233 Å². The SMILES string of the molecule is NN=NC(=O)c1ncn(C2OC(COP(=O)(O)N=O)C(O)C2N=O)n1. The van der Waals surface area contributed by atoms with E-state index in [1.165, 1.54) is 0 Å². The molecule has 2 heterocycles. The molecule has 1 aromatic rings. The van der Waals surface area contributed by atoms with Gasteiger partial charge in [-0.2, -0.15) is 4.91 Å². The summed E-state index contributed by atoms with van der Waals surface area (Å²) in [6.45, 7) is -0.731. The van der Waals surface area contributed by atoms with Gasteiger partial charge in [0.1, 0.15) is 18.5 Å². The van der Waals surface area contributed by atoms with E-state index in [1.54, 1.807) is 0 Å². The molecular formula is C8H11N8O8P. The number of hydrogen-bond donors (Lipinski definition) is 3. The molecule has 0 radical (unpaired) electrons. The highest BCUT2D eigenvalue weighted by Gasteiger charge is 2.47. The highest BCUT2D eigenvalue weighted by molar-refractivity contribution is 7.51. The van der Waals surface area contributed by atoms with Crippen molar-refractivity contribution in [3.05, 3.63) is 22.0 Å². The van der Waals surface area contributed by atoms with Crippen LogP contribution in [-0.2, 0) is 13.8 Å². The normalized spacial score (nSPS) is 28.7. The summed E-state index contributed by atoms with van der Waals surface area (Å²) in [5, 5.41) is 22.2. The number of rotatable bonds is 7. The number of carbonyl (C=O) groups is 1. The summed E-state index contributed by atoms with van der Waals surface area (Å²) in [5.41, 5.74) is 0. The Bertz CT molecular complexity index is 737. The maximum Gasteiger partial charge on any atom is 0.487 e. The molecule has 2 rings (SSSR count). The summed E-state index contributed by atoms with van der Waals surface area (Å²) in [6, 6.07) is -1.41. The Morgan fingerprint density at radius 1 is 1.52 bits per heavy atom. The average Bonchev–Trinajstić information content (AvgIpc) is 3.18. The third kappa shape index (κ3) is 4.12. The van der Waals surface area contributed by atoms with Gasteiger partial charge < -0.3 is 20.6 Å². The molecule has 5 unspecified atom stereocenters. The van der Waals surface area contributed by atoms with Gasteiger partial charge in [0.2, 0.25) is 5.82 Å². The number of hydrogen-bond acceptors (Lipinski definition) is 11. The van der Waals surface area contributed by atoms with Gasteiger partial charge in [0.05, 0.1) is 6.61 Å². The lowest BCUT2D eigenvalue weighted by Gasteiger charge is -2.14. The standard InChI is InChI=1S/C8H11N8O8P/c9-14-11-7(18)6-10-2-16(12-6)8-4(13-19)5(17)3(24-8)1-23-25(21,22)15-20/h2-5,8,17H,1H2,(H,21,22)(H2,9,11,18). The Hall–Kier alpha value is -2.52. The molecule has 136 valence electrons. The van der Waals surface area contributed by atoms with E-state index < -0.39 is 50.6 Å². The van der Waals surface area contributed by atoms with Crippen molar-refractivity contribution in [3.8, 4) is 0 Å². The van der Waals surface area contributed by atoms with Gasteiger partial charge in [0.15, 0.2) is 12.3 Å². The van der Waals surface area contributed by atoms with E-state index in [2.05, 4.69) is 30.1 Å². The highest BCUT2D eigenvalue weighted by atomic mass is 31.2. The molecule has 1 aliphatic rings. The molecule has 5 atom stereocenters. The van der Waals surface area contributed by atoms with Gasteiger partial charge in [-0.1, -0.05) is 15.5 Å². The van der Waals surface area contributed by atoms with E-state index in [4.69, 9.17) is 15.5 Å². The minimum atomic E-state index is -4.73. The molecule has 0 aliphatic carbocycles. The van der Waals surface area contributed by atoms with Gasteiger partial charge in [-0.15, -0.1) is 10.0 Å². The first-order chi connectivity index (χ1) is 11.8. The van der Waals surface area contributed by atoms with Crippen LogP contribution < -0.4 is 5.84 Å². The number of amides is 1. The molecule has 0 saturated carbocycles. The van der Waals surface area contributed by atoms with Crippen molar-refractivity contribution in [2.75, 3.05) is 6.61 Å². The monoisotopic (exact) mass is 378 g/mol. The lowest BCUT2D eigenvalue weighted by Crippen LogP contribution is -2.32. The third-order valence-corrected chi connectivity index (χ3v) is 3.77. The zero-order chi connectivity index (χ0) is 18.6. The van der Waals surface area contributed by atoms with Gasteiger partial charge in [0.25, 0.3) is 0 Å². The molecule has 0 bridgehead atoms. The molecular weight excluding hydrogens is 367 g/mol. The Morgan fingerprint density at radius 2 is 2.24 bits per heavy atom. The van der Waals surface area contributed by atoms with Gasteiger partial charge in [-0.25, -0.2) is 14.2 Å². The predicted molar refractivity (Wildman–Crippen MR) is 74.5 cm³/mol. The summed E-state index contributed by atoms with van der Waals surface area (Å²) < 4.78 is 21.6. The van der Waals surface area contributed by atoms with E-state index >= 15 is 0 Å². The van der Waals surface area contributed by atoms with Crippen LogP contribution in [0.3, 0.4) is 0 Å². The first-order valence-electron chi connectivity index (χ1n) is 6.37. The number of aromatic nitrogens is 3. The van der Waals surface area contributed by atoms with Crippen molar-refractivity contribution in [1.82, 2.24) is 14.8 Å². The molecule has 17 heteroatoms. The van der Waals surface area contributed by atoms with E-state index in [0.29, 0.717) is 0 Å². The Morgan fingerprint density at radius 3 is 2.84 bits per heavy atom. The maximum absolute atomic E-state index is 11.4. The third-order valence-electron chi connectivity index (χ3n) is 3.08. The van der Waals surface area contributed by atoms with Crippen LogP contribution in [0.1, 0.15) is 16.8 Å². The van der Waals surface area contributed by atoms with Crippen LogP contribution >= 0.6 is 7.75 Å². The number of nitrogens with two attached hydrogens (primary N) is 1. The van der Waals surface area contributed by atoms with Crippen molar-refractivity contribution >= 4 is 13.7 Å². The second-order valence-corrected chi connectivity index (χ2v) is 5.99. The summed E-state index contributed by atoms with van der Waals surface area (Å²) in [6.07, 6.45) is -3.15. The first kappa shape index (κ1) is 18.8. The number of carbonyl (C=O) groups excluding carboxylic acids is 1. The highest BCUT2D eigenvalue weighted by Crippen LogP contribution is 2.44. The molecule has 1 aliphatic heterocycles. The van der Waals surface area contributed by atoms with Crippen LogP contribution in [0.2, 0.25) is 0 Å². The predicted octanol–water partition coefficient (Wildman–Crippen LogP) is -0.979. The summed E-state index contributed by atoms with van der Waals surface area (Å²) in [7, 11) is -4.73. The molecule has 1 saturated heterocycles. The lowest BCUT2D eigenvalue weighted by molar-refractivity contribution is -0.0458. The second kappa shape index (κ2) is 7.58. The zero-order valence-electron chi connectivity index (χ0n) is 12.1. The fourth-order valence-corrected chi connectivity index (χ4v) is 2.37. The van der Waals surface area contributed by atoms with Crippen molar-refractivity contribution in [2.24, 2.45) is 26.3 Å². The largest absolute Gasteiger partial charge is 0.487 e. The Balaban J connectivity index is 2.15. The van der Waals surface area contributed by atoms with Crippen LogP contribution in [0.5, 0.6) is 0 Å². The minimum Gasteiger partial charge on any atom is -0.388 e. The fourth-order valence-electron chi connectivity index (χ4n) is 1.99. The number of nitroso groups, excluding NO2 is 2. The summed E-state index contributed by atoms with van der Waals surface area (Å²) in [4.78, 5) is 46.9. The van der Waals surface area contributed by atoms with Crippen LogP contribution in [0.15, 0.2) is 26.8 Å². The van der Waals surface area contributed by atoms with Crippen LogP contribution in [0, 0.1) is 9.81 Å². The van der Waals surface area contributed by atoms with Crippen LogP contribution in [0.25, 0.3) is 0 Å². The Labute approximate surface area is 137 Å². The number of nitrogens with zero attached hydrogens (tertiary/aromatic N) is 7. The molecule has 25 heavy (non-hydrogen) atoms. The molecule has 1 fully saturated rings. The van der Waals surface area contributed by atoms with Crippen molar-refractivity contribution in [1.29, 1.82) is 0 Å². The van der Waals surface area contributed by atoms with Crippen molar-refractivity contribution in [2.45, 2.75) is 24.5 Å². The number of ether oxygens (including phenoxy) is 1. The summed E-state index contributed by atoms with van der Waals surface area (Å²) in [5.74, 6) is 3.35. The van der Waals surface area contributed by atoms with Gasteiger partial charge in [-0.05, 0) is 0 Å². The molecule has 0 spiro atoms. The minimum absolute atomic E-state index is 0.415. The van der Waals surface area contributed by atoms with E-state index in [1.807, 2.05) is 4.95 Å². The maximum atomic E-state index is 11.4. The van der Waals surface area contributed by atoms with Crippen molar-refractivity contribution < 1.29 is 28.6 Å². The fraction of sp³-hybridized carbons (Fsp3) is 0.625. The second-order valence-electron chi connectivity index (χ2n) is 4.59. The Kier molecular flexibility index (Phi) is 5.70. The molecule has 1 amide bonds. The molecule has 16 nitrogen and oxygen atoms in total. The quantitative estimate of drug-likeness (QED) is 0.171. The molecule has 0 aromatic carbocycles. The summed E-state index contributed by atoms with van der Waals surface area (Å²) >= 11 is 0. The van der Waals surface area contributed by atoms with E-state index in [0.717, 1.165) is 11.0 Å². The molecule has 4 N–H and O–H groups in total. The number of aliphatic hydroxyl groups excluding tert-OH is 1. The van der Waals surface area contributed by atoms with Gasteiger partial charge in [-0.3, -0.25) is 9.32 Å². The van der Waals surface area contributed by atoms with Gasteiger partial charge in [0, 0.05) is 4.95 Å². The lowest BCUT2D eigenvalue weighted by atomic mass is 10.1. The van der Waals surface area contributed by atoms with E-state index in [-0.39, 0.29) is 0 Å². The average molecular weight is 378 g/mol. The zero-order valence-corrected chi connectivity index (χ0v) is 13.0. The number of aliphatic hydroxyl groups is 1. The molecule has 1 aromatic heterocycles. The van der Waals surface area contributed by atoms with Crippen molar-refractivity contribution in [3.63, 3.8) is 0 Å². The smallest absolute Gasteiger partial charge is 0.388 e. The first-order valence-corrected chi connectivity index (χ1v) is 7.90.